The smallest absolute Gasteiger partial charge is 0.410 e. The molecule has 2 aliphatic heterocycles. The van der Waals surface area contributed by atoms with Crippen molar-refractivity contribution in [2.24, 2.45) is 41.4 Å². The number of aliphatic hydroxyl groups excluding tert-OH is 4. The van der Waals surface area contributed by atoms with Crippen molar-refractivity contribution in [3.63, 3.8) is 0 Å². The van der Waals surface area contributed by atoms with Crippen LogP contribution in [0, 0.1) is 41.4 Å². The van der Waals surface area contributed by atoms with Crippen LogP contribution < -0.4 is 0 Å². The van der Waals surface area contributed by atoms with Crippen LogP contribution in [0.4, 0.5) is 4.79 Å². The number of allylic oxidation sites excluding steroid dienone is 3. The molecule has 2 rings (SSSR count). The second-order valence-electron chi connectivity index (χ2n) is 14.1. The van der Waals surface area contributed by atoms with E-state index in [-0.39, 0.29) is 48.0 Å². The number of carbonyl (C=O) groups excluding carboxylic acids is 2. The summed E-state index contributed by atoms with van der Waals surface area (Å²) >= 11 is 0. The first-order chi connectivity index (χ1) is 21.6. The van der Waals surface area contributed by atoms with Crippen molar-refractivity contribution in [3.05, 3.63) is 48.6 Å². The molecule has 0 aromatic carbocycles. The number of amides is 1. The van der Waals surface area contributed by atoms with Crippen molar-refractivity contribution in [2.75, 3.05) is 13.1 Å². The monoisotopic (exact) mass is 647 g/mol. The van der Waals surface area contributed by atoms with E-state index in [2.05, 4.69) is 6.58 Å². The van der Waals surface area contributed by atoms with E-state index >= 15 is 0 Å². The van der Waals surface area contributed by atoms with Crippen LogP contribution in [0.25, 0.3) is 0 Å². The third kappa shape index (κ3) is 11.4. The third-order valence-electron chi connectivity index (χ3n) is 9.97. The van der Waals surface area contributed by atoms with E-state index in [1.54, 1.807) is 30.1 Å². The van der Waals surface area contributed by atoms with E-state index in [4.69, 9.17) is 9.47 Å². The summed E-state index contributed by atoms with van der Waals surface area (Å²) in [6.45, 7) is 20.3. The van der Waals surface area contributed by atoms with Gasteiger partial charge in [-0.05, 0) is 39.0 Å². The van der Waals surface area contributed by atoms with Crippen LogP contribution in [0.1, 0.15) is 81.1 Å². The van der Waals surface area contributed by atoms with Crippen molar-refractivity contribution in [1.29, 1.82) is 0 Å². The minimum atomic E-state index is -0.888. The fourth-order valence-corrected chi connectivity index (χ4v) is 6.76. The number of cyclic esters (lactones) is 1. The topological polar surface area (TPSA) is 137 Å². The van der Waals surface area contributed by atoms with Gasteiger partial charge in [-0.2, -0.15) is 0 Å². The van der Waals surface area contributed by atoms with E-state index < -0.39 is 48.5 Å². The molecule has 0 radical (unpaired) electrons. The fourth-order valence-electron chi connectivity index (χ4n) is 6.76. The third-order valence-corrected chi connectivity index (χ3v) is 9.97. The largest absolute Gasteiger partial charge is 0.462 e. The maximum absolute atomic E-state index is 12.9. The Morgan fingerprint density at radius 2 is 1.63 bits per heavy atom. The summed E-state index contributed by atoms with van der Waals surface area (Å²) in [5.41, 5.74) is 1.03. The van der Waals surface area contributed by atoms with Gasteiger partial charge in [-0.15, -0.1) is 0 Å². The molecule has 0 aromatic rings. The molecule has 2 saturated heterocycles. The average molecular weight is 648 g/mol. The number of hydrogen-bond donors (Lipinski definition) is 4. The molecular weight excluding hydrogens is 586 g/mol. The molecule has 4 N–H and O–H groups in total. The predicted molar refractivity (Wildman–Crippen MR) is 181 cm³/mol. The number of aliphatic hydroxyl groups is 4. The van der Waals surface area contributed by atoms with E-state index in [0.717, 1.165) is 18.4 Å². The zero-order valence-electron chi connectivity index (χ0n) is 29.3. The highest BCUT2D eigenvalue weighted by molar-refractivity contribution is 5.73. The number of rotatable bonds is 16. The number of esters is 1. The average Bonchev–Trinajstić information content (AvgIpc) is 3.57. The number of likely N-dealkylation sites (tertiary alicyclic amines) is 1. The molecule has 13 atom stereocenters. The van der Waals surface area contributed by atoms with Gasteiger partial charge in [-0.3, -0.25) is 4.79 Å². The van der Waals surface area contributed by atoms with Gasteiger partial charge in [0.1, 0.15) is 12.2 Å². The van der Waals surface area contributed by atoms with E-state index in [1.165, 1.54) is 0 Å². The Morgan fingerprint density at radius 1 is 1.00 bits per heavy atom. The van der Waals surface area contributed by atoms with Gasteiger partial charge in [-0.1, -0.05) is 90.2 Å². The standard InChI is InChI=1S/C37H61NO8/c1-10-11-14-24(4)35(46-37(44)38-17-12-13-18-38)28(8)33(41)26(6)20-22(2)19-25(5)32(40)23(3)15-16-30(39)21-31-27(7)34(42)29(9)36(43)45-31/h10-11,14-16,19,23-35,39-42H,1,12-13,17-18,20-21H2,2-9H3/b14-11-,16-15-,22-19-/t23?,24-,25-,26-,27-,28-,29+,30+,31?,32-,33+,34-,35-/m0/s1. The molecule has 2 heterocycles. The lowest BCUT2D eigenvalue weighted by atomic mass is 9.81. The van der Waals surface area contributed by atoms with Crippen molar-refractivity contribution in [1.82, 2.24) is 4.90 Å². The minimum absolute atomic E-state index is 0.113. The van der Waals surface area contributed by atoms with Crippen LogP contribution in [0.2, 0.25) is 0 Å². The molecule has 0 saturated carbocycles. The first kappa shape index (κ1) is 39.7. The molecule has 46 heavy (non-hydrogen) atoms. The summed E-state index contributed by atoms with van der Waals surface area (Å²) in [5.74, 6) is -2.33. The maximum Gasteiger partial charge on any atom is 0.410 e. The highest BCUT2D eigenvalue weighted by atomic mass is 16.6. The highest BCUT2D eigenvalue weighted by Gasteiger charge is 2.41. The Morgan fingerprint density at radius 3 is 2.24 bits per heavy atom. The van der Waals surface area contributed by atoms with Gasteiger partial charge in [0, 0.05) is 49.1 Å². The maximum atomic E-state index is 12.9. The molecule has 9 heteroatoms. The Hall–Kier alpha value is -2.46. The summed E-state index contributed by atoms with van der Waals surface area (Å²) in [6, 6.07) is 0. The van der Waals surface area contributed by atoms with Gasteiger partial charge in [-0.25, -0.2) is 4.79 Å². The van der Waals surface area contributed by atoms with Crippen LogP contribution >= 0.6 is 0 Å². The second kappa shape index (κ2) is 18.8. The van der Waals surface area contributed by atoms with Crippen LogP contribution in [0.3, 0.4) is 0 Å². The SMILES string of the molecule is C=C/C=C\[C@H](C)[C@H](OC(=O)N1CCCC1)[C@@H](C)[C@H](O)[C@@H](C)C/C(C)=C\[C@H](C)[C@@H](O)C(C)/C=C\[C@@H](O)CC1OC(=O)[C@H](C)[C@@H](O)[C@H]1C. The molecule has 262 valence electrons. The number of nitrogens with zero attached hydrogens (tertiary/aromatic N) is 1. The first-order valence-electron chi connectivity index (χ1n) is 17.1. The molecule has 2 fully saturated rings. The summed E-state index contributed by atoms with van der Waals surface area (Å²) < 4.78 is 11.4. The number of carbonyl (C=O) groups is 2. The van der Waals surface area contributed by atoms with Gasteiger partial charge in [0.25, 0.3) is 0 Å². The molecule has 0 bridgehead atoms. The fraction of sp³-hybridized carbons (Fsp3) is 0.730. The van der Waals surface area contributed by atoms with Crippen LogP contribution in [0.5, 0.6) is 0 Å². The predicted octanol–water partition coefficient (Wildman–Crippen LogP) is 5.43. The molecule has 2 unspecified atom stereocenters. The lowest BCUT2D eigenvalue weighted by Crippen LogP contribution is -2.47. The number of hydrogen-bond acceptors (Lipinski definition) is 8. The van der Waals surface area contributed by atoms with Crippen molar-refractivity contribution in [2.45, 2.75) is 118 Å². The van der Waals surface area contributed by atoms with Gasteiger partial charge < -0.3 is 34.8 Å². The van der Waals surface area contributed by atoms with Gasteiger partial charge in [0.05, 0.1) is 30.3 Å². The molecule has 0 spiro atoms. The van der Waals surface area contributed by atoms with Crippen molar-refractivity contribution in [3.8, 4) is 0 Å². The molecule has 1 amide bonds. The molecular formula is C37H61NO8. The normalized spacial score (nSPS) is 28.7. The van der Waals surface area contributed by atoms with Crippen molar-refractivity contribution >= 4 is 12.1 Å². The Kier molecular flexibility index (Phi) is 16.2. The zero-order valence-corrected chi connectivity index (χ0v) is 29.3. The van der Waals surface area contributed by atoms with Crippen LogP contribution in [-0.4, -0.2) is 87.1 Å². The lowest BCUT2D eigenvalue weighted by molar-refractivity contribution is -0.179. The second-order valence-corrected chi connectivity index (χ2v) is 14.1. The van der Waals surface area contributed by atoms with Crippen LogP contribution in [0.15, 0.2) is 48.6 Å². The van der Waals surface area contributed by atoms with E-state index in [0.29, 0.717) is 19.5 Å². The Bertz CT molecular complexity index is 1070. The highest BCUT2D eigenvalue weighted by Crippen LogP contribution is 2.31. The van der Waals surface area contributed by atoms with Crippen LogP contribution in [-0.2, 0) is 14.3 Å². The quantitative estimate of drug-likeness (QED) is 0.0989. The zero-order chi connectivity index (χ0) is 34.7. The Labute approximate surface area is 277 Å². The summed E-state index contributed by atoms with van der Waals surface area (Å²) in [4.78, 5) is 26.6. The first-order valence-corrected chi connectivity index (χ1v) is 17.1. The van der Waals surface area contributed by atoms with Crippen molar-refractivity contribution < 1.29 is 39.5 Å². The minimum Gasteiger partial charge on any atom is -0.462 e. The summed E-state index contributed by atoms with van der Waals surface area (Å²) in [7, 11) is 0. The summed E-state index contributed by atoms with van der Waals surface area (Å²) in [6.07, 6.45) is 9.04. The Balaban J connectivity index is 1.97. The van der Waals surface area contributed by atoms with E-state index in [9.17, 15) is 30.0 Å². The van der Waals surface area contributed by atoms with E-state index in [1.807, 2.05) is 66.7 Å². The number of ether oxygens (including phenoxy) is 2. The molecule has 0 aromatic heterocycles. The summed E-state index contributed by atoms with van der Waals surface area (Å²) in [5, 5.41) is 43.3. The van der Waals surface area contributed by atoms with Gasteiger partial charge in [0.15, 0.2) is 0 Å². The van der Waals surface area contributed by atoms with Gasteiger partial charge in [0.2, 0.25) is 0 Å². The molecule has 0 aliphatic carbocycles. The molecule has 2 aliphatic rings. The molecule has 9 nitrogen and oxygen atoms in total. The van der Waals surface area contributed by atoms with Gasteiger partial charge >= 0.3 is 12.1 Å². The lowest BCUT2D eigenvalue weighted by Gasteiger charge is -2.36.